The molecule has 3 fully saturated rings. The minimum atomic E-state index is 0.444. The molecule has 0 radical (unpaired) electrons. The average Bonchev–Trinajstić information content (AvgIpc) is 3.33. The fourth-order valence-electron chi connectivity index (χ4n) is 3.79. The Labute approximate surface area is 129 Å². The van der Waals surface area contributed by atoms with Gasteiger partial charge in [-0.25, -0.2) is 0 Å². The SMILES string of the molecule is CCOC1CCN(CC2(CNC3CC3)CCOCC2)CC1. The van der Waals surface area contributed by atoms with Crippen molar-refractivity contribution in [3.63, 3.8) is 0 Å². The summed E-state index contributed by atoms with van der Waals surface area (Å²) >= 11 is 0. The highest BCUT2D eigenvalue weighted by molar-refractivity contribution is 4.92. The van der Waals surface area contributed by atoms with Gasteiger partial charge in [-0.05, 0) is 50.9 Å². The number of piperidine rings is 1. The van der Waals surface area contributed by atoms with Crippen LogP contribution in [-0.4, -0.2) is 63.0 Å². The normalized spacial score (nSPS) is 27.9. The molecule has 2 heterocycles. The number of hydrogen-bond acceptors (Lipinski definition) is 4. The molecule has 0 amide bonds. The summed E-state index contributed by atoms with van der Waals surface area (Å²) in [6.45, 7) is 9.70. The molecule has 2 saturated heterocycles. The minimum absolute atomic E-state index is 0.444. The Hall–Kier alpha value is -0.160. The molecule has 0 unspecified atom stereocenters. The van der Waals surface area contributed by atoms with Crippen molar-refractivity contribution in [1.82, 2.24) is 10.2 Å². The second-order valence-electron chi connectivity index (χ2n) is 7.20. The maximum absolute atomic E-state index is 5.77. The monoisotopic (exact) mass is 296 g/mol. The summed E-state index contributed by atoms with van der Waals surface area (Å²) in [5.41, 5.74) is 0.444. The zero-order chi connectivity index (χ0) is 14.5. The molecule has 0 bridgehead atoms. The zero-order valence-corrected chi connectivity index (χ0v) is 13.6. The van der Waals surface area contributed by atoms with Crippen LogP contribution >= 0.6 is 0 Å². The molecule has 122 valence electrons. The van der Waals surface area contributed by atoms with Gasteiger partial charge >= 0.3 is 0 Å². The standard InChI is InChI=1S/C17H32N2O2/c1-2-21-16-5-9-19(10-6-16)14-17(7-11-20-12-8-17)13-18-15-3-4-15/h15-16,18H,2-14H2,1H3. The fraction of sp³-hybridized carbons (Fsp3) is 1.00. The van der Waals surface area contributed by atoms with Crippen molar-refractivity contribution in [3.8, 4) is 0 Å². The Morgan fingerprint density at radius 3 is 2.48 bits per heavy atom. The van der Waals surface area contributed by atoms with Crippen molar-refractivity contribution in [2.24, 2.45) is 5.41 Å². The molecule has 0 aromatic carbocycles. The highest BCUT2D eigenvalue weighted by Crippen LogP contribution is 2.33. The van der Waals surface area contributed by atoms with Gasteiger partial charge in [0, 0.05) is 52.0 Å². The predicted molar refractivity (Wildman–Crippen MR) is 84.6 cm³/mol. The quantitative estimate of drug-likeness (QED) is 0.779. The lowest BCUT2D eigenvalue weighted by atomic mass is 9.79. The maximum atomic E-state index is 5.77. The van der Waals surface area contributed by atoms with Crippen LogP contribution in [0.4, 0.5) is 0 Å². The van der Waals surface area contributed by atoms with E-state index < -0.39 is 0 Å². The van der Waals surface area contributed by atoms with Gasteiger partial charge in [-0.2, -0.15) is 0 Å². The van der Waals surface area contributed by atoms with E-state index in [1.54, 1.807) is 0 Å². The lowest BCUT2D eigenvalue weighted by molar-refractivity contribution is -0.0270. The number of ether oxygens (including phenoxy) is 2. The molecule has 21 heavy (non-hydrogen) atoms. The van der Waals surface area contributed by atoms with E-state index in [1.807, 2.05) is 0 Å². The first kappa shape index (κ1) is 15.7. The number of nitrogens with one attached hydrogen (secondary N) is 1. The van der Waals surface area contributed by atoms with E-state index in [0.717, 1.165) is 25.9 Å². The molecule has 0 spiro atoms. The minimum Gasteiger partial charge on any atom is -0.381 e. The van der Waals surface area contributed by atoms with E-state index in [9.17, 15) is 0 Å². The molecule has 0 atom stereocenters. The van der Waals surface area contributed by atoms with Crippen molar-refractivity contribution >= 4 is 0 Å². The Morgan fingerprint density at radius 1 is 1.14 bits per heavy atom. The third-order valence-electron chi connectivity index (χ3n) is 5.39. The number of nitrogens with zero attached hydrogens (tertiary/aromatic N) is 1. The molecule has 1 N–H and O–H groups in total. The van der Waals surface area contributed by atoms with Gasteiger partial charge in [0.25, 0.3) is 0 Å². The first-order valence-electron chi connectivity index (χ1n) is 8.95. The van der Waals surface area contributed by atoms with Crippen molar-refractivity contribution in [2.75, 3.05) is 46.0 Å². The van der Waals surface area contributed by atoms with E-state index in [4.69, 9.17) is 9.47 Å². The van der Waals surface area contributed by atoms with Gasteiger partial charge in [0.2, 0.25) is 0 Å². The third-order valence-corrected chi connectivity index (χ3v) is 5.39. The van der Waals surface area contributed by atoms with E-state index in [2.05, 4.69) is 17.1 Å². The van der Waals surface area contributed by atoms with E-state index >= 15 is 0 Å². The average molecular weight is 296 g/mol. The van der Waals surface area contributed by atoms with Crippen molar-refractivity contribution in [3.05, 3.63) is 0 Å². The van der Waals surface area contributed by atoms with Gasteiger partial charge in [-0.1, -0.05) is 0 Å². The van der Waals surface area contributed by atoms with E-state index in [1.165, 1.54) is 64.7 Å². The summed E-state index contributed by atoms with van der Waals surface area (Å²) in [6.07, 6.45) is 8.11. The van der Waals surface area contributed by atoms with Crippen LogP contribution in [0.5, 0.6) is 0 Å². The number of likely N-dealkylation sites (tertiary alicyclic amines) is 1. The first-order valence-corrected chi connectivity index (χ1v) is 8.95. The third kappa shape index (κ3) is 4.65. The largest absolute Gasteiger partial charge is 0.381 e. The summed E-state index contributed by atoms with van der Waals surface area (Å²) in [6, 6.07) is 0.813. The van der Waals surface area contributed by atoms with Crippen LogP contribution in [0.25, 0.3) is 0 Å². The lowest BCUT2D eigenvalue weighted by Gasteiger charge is -2.43. The highest BCUT2D eigenvalue weighted by atomic mass is 16.5. The molecule has 4 nitrogen and oxygen atoms in total. The summed E-state index contributed by atoms with van der Waals surface area (Å²) in [7, 11) is 0. The van der Waals surface area contributed by atoms with Crippen LogP contribution in [0.1, 0.15) is 45.4 Å². The van der Waals surface area contributed by atoms with Gasteiger partial charge in [0.1, 0.15) is 0 Å². The van der Waals surface area contributed by atoms with Crippen LogP contribution < -0.4 is 5.32 Å². The molecule has 1 saturated carbocycles. The molecule has 4 heteroatoms. The van der Waals surface area contributed by atoms with Crippen LogP contribution in [0, 0.1) is 5.41 Å². The van der Waals surface area contributed by atoms with Gasteiger partial charge in [0.15, 0.2) is 0 Å². The van der Waals surface area contributed by atoms with E-state index in [0.29, 0.717) is 11.5 Å². The summed E-state index contributed by atoms with van der Waals surface area (Å²) in [4.78, 5) is 2.68. The smallest absolute Gasteiger partial charge is 0.0599 e. The Morgan fingerprint density at radius 2 is 1.86 bits per heavy atom. The van der Waals surface area contributed by atoms with Crippen molar-refractivity contribution < 1.29 is 9.47 Å². The summed E-state index contributed by atoms with van der Waals surface area (Å²) < 4.78 is 11.4. The number of hydrogen-bond donors (Lipinski definition) is 1. The van der Waals surface area contributed by atoms with Gasteiger partial charge in [-0.15, -0.1) is 0 Å². The molecular formula is C17H32N2O2. The highest BCUT2D eigenvalue weighted by Gasteiger charge is 2.36. The molecular weight excluding hydrogens is 264 g/mol. The Bertz CT molecular complexity index is 306. The molecule has 1 aliphatic carbocycles. The Kier molecular flexibility index (Phi) is 5.54. The lowest BCUT2D eigenvalue weighted by Crippen LogP contribution is -2.50. The maximum Gasteiger partial charge on any atom is 0.0599 e. The van der Waals surface area contributed by atoms with Crippen LogP contribution in [0.15, 0.2) is 0 Å². The predicted octanol–water partition coefficient (Wildman–Crippen LogP) is 2.04. The van der Waals surface area contributed by atoms with Gasteiger partial charge in [-0.3, -0.25) is 0 Å². The van der Waals surface area contributed by atoms with Crippen molar-refractivity contribution in [1.29, 1.82) is 0 Å². The Balaban J connectivity index is 1.49. The number of rotatable bonds is 7. The molecule has 3 aliphatic rings. The second kappa shape index (κ2) is 7.40. The summed E-state index contributed by atoms with van der Waals surface area (Å²) in [5.74, 6) is 0. The summed E-state index contributed by atoms with van der Waals surface area (Å²) in [5, 5.41) is 3.78. The van der Waals surface area contributed by atoms with E-state index in [-0.39, 0.29) is 0 Å². The molecule has 0 aromatic rings. The zero-order valence-electron chi connectivity index (χ0n) is 13.6. The second-order valence-corrected chi connectivity index (χ2v) is 7.20. The molecule has 0 aromatic heterocycles. The van der Waals surface area contributed by atoms with Crippen LogP contribution in [-0.2, 0) is 9.47 Å². The van der Waals surface area contributed by atoms with Gasteiger partial charge in [0.05, 0.1) is 6.10 Å². The molecule has 2 aliphatic heterocycles. The van der Waals surface area contributed by atoms with Gasteiger partial charge < -0.3 is 19.7 Å². The first-order chi connectivity index (χ1) is 10.3. The molecule has 3 rings (SSSR count). The van der Waals surface area contributed by atoms with Crippen molar-refractivity contribution in [2.45, 2.75) is 57.6 Å². The topological polar surface area (TPSA) is 33.7 Å². The van der Waals surface area contributed by atoms with Crippen LogP contribution in [0.3, 0.4) is 0 Å². The van der Waals surface area contributed by atoms with Crippen LogP contribution in [0.2, 0.25) is 0 Å². The fourth-order valence-corrected chi connectivity index (χ4v) is 3.79.